The molecule has 0 saturated heterocycles. The summed E-state index contributed by atoms with van der Waals surface area (Å²) >= 11 is 0. The molecule has 4 aromatic rings. The molecule has 190 valence electrons. The van der Waals surface area contributed by atoms with E-state index in [-0.39, 0.29) is 15.5 Å². The molecule has 8 heteroatoms. The second-order valence-electron chi connectivity index (χ2n) is 8.82. The van der Waals surface area contributed by atoms with Crippen molar-refractivity contribution in [3.63, 3.8) is 0 Å². The molecule has 0 aliphatic rings. The van der Waals surface area contributed by atoms with Crippen molar-refractivity contribution in [1.29, 1.82) is 0 Å². The lowest BCUT2D eigenvalue weighted by Gasteiger charge is -2.25. The van der Waals surface area contributed by atoms with Gasteiger partial charge in [-0.3, -0.25) is 0 Å². The molecule has 0 bridgehead atoms. The standard InChI is InChI=1S/C29H23F4O3S/c1-18-4-6-19(7-5-18)29(2,3)36-28(34)35-24-8-10-25(11-9-24)37(26-14-20(30)12-21(31)15-26)27-16-22(32)13-23(33)17-27/h4-17H,1-3H3/q+1. The van der Waals surface area contributed by atoms with E-state index in [0.717, 1.165) is 47.5 Å². The van der Waals surface area contributed by atoms with Crippen molar-refractivity contribution in [2.45, 2.75) is 41.1 Å². The molecule has 0 saturated carbocycles. The van der Waals surface area contributed by atoms with E-state index >= 15 is 0 Å². The molecule has 0 aliphatic heterocycles. The number of ether oxygens (including phenoxy) is 2. The van der Waals surface area contributed by atoms with E-state index in [0.29, 0.717) is 4.90 Å². The fourth-order valence-electron chi connectivity index (χ4n) is 3.68. The Morgan fingerprint density at radius 3 is 1.59 bits per heavy atom. The highest BCUT2D eigenvalue weighted by molar-refractivity contribution is 7.97. The van der Waals surface area contributed by atoms with Crippen molar-refractivity contribution in [3.8, 4) is 5.75 Å². The molecular weight excluding hydrogens is 504 g/mol. The molecule has 0 aromatic heterocycles. The lowest BCUT2D eigenvalue weighted by molar-refractivity contribution is 0.00635. The summed E-state index contributed by atoms with van der Waals surface area (Å²) in [5.74, 6) is -3.11. The summed E-state index contributed by atoms with van der Waals surface area (Å²) in [7, 11) is -1.25. The molecule has 3 nitrogen and oxygen atoms in total. The number of hydrogen-bond acceptors (Lipinski definition) is 3. The van der Waals surface area contributed by atoms with Crippen molar-refractivity contribution in [3.05, 3.63) is 119 Å². The van der Waals surface area contributed by atoms with E-state index in [1.807, 2.05) is 31.2 Å². The lowest BCUT2D eigenvalue weighted by Crippen LogP contribution is -2.27. The van der Waals surface area contributed by atoms with Crippen molar-refractivity contribution in [1.82, 2.24) is 0 Å². The van der Waals surface area contributed by atoms with Crippen LogP contribution in [0.1, 0.15) is 25.0 Å². The van der Waals surface area contributed by atoms with Crippen LogP contribution in [0, 0.1) is 30.2 Å². The van der Waals surface area contributed by atoms with Gasteiger partial charge in [0.05, 0.1) is 10.9 Å². The van der Waals surface area contributed by atoms with Gasteiger partial charge in [-0.2, -0.15) is 0 Å². The highest BCUT2D eigenvalue weighted by Crippen LogP contribution is 2.34. The molecule has 0 spiro atoms. The molecule has 0 unspecified atom stereocenters. The van der Waals surface area contributed by atoms with Crippen molar-refractivity contribution >= 4 is 17.1 Å². The van der Waals surface area contributed by atoms with Gasteiger partial charge in [-0.05, 0) is 50.6 Å². The topological polar surface area (TPSA) is 35.5 Å². The Morgan fingerprint density at radius 2 is 1.14 bits per heavy atom. The minimum absolute atomic E-state index is 0.160. The van der Waals surface area contributed by atoms with Crippen LogP contribution in [0.15, 0.2) is 99.6 Å². The van der Waals surface area contributed by atoms with Crippen LogP contribution in [-0.2, 0) is 21.2 Å². The molecule has 0 fully saturated rings. The Kier molecular flexibility index (Phi) is 7.59. The molecule has 37 heavy (non-hydrogen) atoms. The monoisotopic (exact) mass is 527 g/mol. The van der Waals surface area contributed by atoms with Gasteiger partial charge < -0.3 is 9.47 Å². The zero-order valence-corrected chi connectivity index (χ0v) is 21.0. The van der Waals surface area contributed by atoms with Gasteiger partial charge in [-0.1, -0.05) is 29.8 Å². The molecule has 4 rings (SSSR count). The number of carbonyl (C=O) groups is 1. The maximum Gasteiger partial charge on any atom is 0.514 e. The Hall–Kier alpha value is -3.78. The minimum atomic E-state index is -1.25. The normalized spacial score (nSPS) is 11.5. The summed E-state index contributed by atoms with van der Waals surface area (Å²) in [5.41, 5.74) is 0.919. The number of benzene rings is 4. The summed E-state index contributed by atoms with van der Waals surface area (Å²) in [4.78, 5) is 13.3. The zero-order valence-electron chi connectivity index (χ0n) is 20.2. The highest BCUT2D eigenvalue weighted by Gasteiger charge is 2.32. The molecule has 0 amide bonds. The van der Waals surface area contributed by atoms with Crippen LogP contribution >= 0.6 is 0 Å². The van der Waals surface area contributed by atoms with Gasteiger partial charge in [0.1, 0.15) is 34.6 Å². The lowest BCUT2D eigenvalue weighted by atomic mass is 9.97. The maximum absolute atomic E-state index is 14.0. The number of aryl methyl sites for hydroxylation is 1. The van der Waals surface area contributed by atoms with Gasteiger partial charge in [-0.25, -0.2) is 22.4 Å². The first kappa shape index (κ1) is 26.3. The number of halogens is 4. The van der Waals surface area contributed by atoms with Gasteiger partial charge in [0.25, 0.3) is 0 Å². The van der Waals surface area contributed by atoms with Gasteiger partial charge in [0.2, 0.25) is 0 Å². The number of hydrogen-bond donors (Lipinski definition) is 0. The molecule has 4 aromatic carbocycles. The zero-order chi connectivity index (χ0) is 26.7. The first-order valence-electron chi connectivity index (χ1n) is 11.2. The second-order valence-corrected chi connectivity index (χ2v) is 10.8. The van der Waals surface area contributed by atoms with Gasteiger partial charge in [0, 0.05) is 36.4 Å². The van der Waals surface area contributed by atoms with E-state index in [4.69, 9.17) is 9.47 Å². The predicted octanol–water partition coefficient (Wildman–Crippen LogP) is 8.10. The van der Waals surface area contributed by atoms with Crippen molar-refractivity contribution in [2.24, 2.45) is 0 Å². The third-order valence-electron chi connectivity index (χ3n) is 5.49. The summed E-state index contributed by atoms with van der Waals surface area (Å²) in [6.45, 7) is 5.43. The minimum Gasteiger partial charge on any atom is -0.423 e. The van der Waals surface area contributed by atoms with E-state index < -0.39 is 45.9 Å². The molecule has 0 aliphatic carbocycles. The van der Waals surface area contributed by atoms with Gasteiger partial charge in [-0.15, -0.1) is 0 Å². The van der Waals surface area contributed by atoms with E-state index in [2.05, 4.69) is 0 Å². The first-order chi connectivity index (χ1) is 17.5. The van der Waals surface area contributed by atoms with Crippen molar-refractivity contribution < 1.29 is 31.8 Å². The summed E-state index contributed by atoms with van der Waals surface area (Å²) in [5, 5.41) is 0. The fraction of sp³-hybridized carbons (Fsp3) is 0.138. The van der Waals surface area contributed by atoms with E-state index in [9.17, 15) is 22.4 Å². The van der Waals surface area contributed by atoms with Crippen LogP contribution in [0.25, 0.3) is 0 Å². The quantitative estimate of drug-likeness (QED) is 0.110. The van der Waals surface area contributed by atoms with Crippen LogP contribution < -0.4 is 4.74 Å². The van der Waals surface area contributed by atoms with Crippen LogP contribution in [0.3, 0.4) is 0 Å². The van der Waals surface area contributed by atoms with Crippen LogP contribution in [0.5, 0.6) is 5.75 Å². The second kappa shape index (κ2) is 10.7. The van der Waals surface area contributed by atoms with Gasteiger partial charge in [0.15, 0.2) is 14.7 Å². The smallest absolute Gasteiger partial charge is 0.423 e. The average Bonchev–Trinajstić information content (AvgIpc) is 2.79. The Balaban J connectivity index is 1.59. The highest BCUT2D eigenvalue weighted by atomic mass is 32.2. The molecule has 0 N–H and O–H groups in total. The van der Waals surface area contributed by atoms with E-state index in [1.54, 1.807) is 26.0 Å². The van der Waals surface area contributed by atoms with Crippen LogP contribution in [0.4, 0.5) is 22.4 Å². The summed E-state index contributed by atoms with van der Waals surface area (Å²) < 4.78 is 66.9. The summed E-state index contributed by atoms with van der Waals surface area (Å²) in [6.07, 6.45) is -0.920. The Bertz CT molecular complexity index is 1330. The third-order valence-corrected chi connectivity index (χ3v) is 7.65. The Labute approximate surface area is 215 Å². The van der Waals surface area contributed by atoms with Crippen LogP contribution in [-0.4, -0.2) is 6.16 Å². The third kappa shape index (κ3) is 6.51. The van der Waals surface area contributed by atoms with Gasteiger partial charge >= 0.3 is 6.16 Å². The predicted molar refractivity (Wildman–Crippen MR) is 133 cm³/mol. The van der Waals surface area contributed by atoms with Crippen LogP contribution in [0.2, 0.25) is 0 Å². The van der Waals surface area contributed by atoms with Crippen molar-refractivity contribution in [2.75, 3.05) is 0 Å². The maximum atomic E-state index is 14.0. The molecule has 0 radical (unpaired) electrons. The molecular formula is C29H23F4O3S+. The molecule has 0 heterocycles. The molecule has 0 atom stereocenters. The largest absolute Gasteiger partial charge is 0.514 e. The fourth-order valence-corrected chi connectivity index (χ4v) is 5.83. The number of rotatable bonds is 6. The first-order valence-corrected chi connectivity index (χ1v) is 12.5. The SMILES string of the molecule is Cc1ccc(C(C)(C)OC(=O)Oc2ccc([S+](c3cc(F)cc(F)c3)c3cc(F)cc(F)c3)cc2)cc1. The van der Waals surface area contributed by atoms with E-state index in [1.165, 1.54) is 12.1 Å². The Morgan fingerprint density at radius 1 is 0.676 bits per heavy atom. The summed E-state index contributed by atoms with van der Waals surface area (Å²) in [6, 6.07) is 19.5. The number of carbonyl (C=O) groups excluding carboxylic acids is 1. The average molecular weight is 528 g/mol.